The first-order valence-electron chi connectivity index (χ1n) is 8.85. The van der Waals surface area contributed by atoms with E-state index in [1.54, 1.807) is 10.9 Å². The molecule has 0 fully saturated rings. The van der Waals surface area contributed by atoms with Crippen LogP contribution in [0, 0.1) is 0 Å². The van der Waals surface area contributed by atoms with Gasteiger partial charge in [0.15, 0.2) is 0 Å². The molecule has 0 aliphatic carbocycles. The Morgan fingerprint density at radius 1 is 1.00 bits per heavy atom. The maximum Gasteiger partial charge on any atom is 0.137 e. The molecule has 0 radical (unpaired) electrons. The molecule has 0 unspecified atom stereocenters. The van der Waals surface area contributed by atoms with Crippen molar-refractivity contribution in [2.24, 2.45) is 0 Å². The molecule has 0 bridgehead atoms. The van der Waals surface area contributed by atoms with Gasteiger partial charge in [0, 0.05) is 36.5 Å². The molecular formula is C20H17N7O. The molecule has 0 saturated carbocycles. The highest BCUT2D eigenvalue weighted by Gasteiger charge is 2.09. The van der Waals surface area contributed by atoms with Crippen LogP contribution in [-0.4, -0.2) is 39.0 Å². The molecule has 0 spiro atoms. The molecule has 8 heteroatoms. The molecule has 5 aromatic rings. The Balaban J connectivity index is 1.40. The lowest BCUT2D eigenvalue weighted by Gasteiger charge is -2.03. The summed E-state index contributed by atoms with van der Waals surface area (Å²) in [5.41, 5.74) is 5.17. The number of aliphatic hydroxyl groups is 1. The lowest BCUT2D eigenvalue weighted by molar-refractivity contribution is 0.281. The summed E-state index contributed by atoms with van der Waals surface area (Å²) in [6.07, 6.45) is 13.2. The number of aromatic nitrogens is 7. The topological polar surface area (TPSA) is 86.1 Å². The van der Waals surface area contributed by atoms with Crippen molar-refractivity contribution in [2.45, 2.75) is 13.2 Å². The largest absolute Gasteiger partial charge is 0.392 e. The third-order valence-corrected chi connectivity index (χ3v) is 4.53. The number of imidazole rings is 1. The van der Waals surface area contributed by atoms with Gasteiger partial charge in [0.25, 0.3) is 0 Å². The standard InChI is InChI=1S/C20H17N7O/c28-14-15-3-4-20-22-17(11-26(20)10-15)12-27-13-19(23-24-27)16-7-18(9-21-8-16)25-5-1-2-6-25/h1-11,13,28H,12,14H2. The molecule has 5 heterocycles. The first-order valence-corrected chi connectivity index (χ1v) is 8.85. The Morgan fingerprint density at radius 3 is 2.75 bits per heavy atom. The quantitative estimate of drug-likeness (QED) is 0.512. The van der Waals surface area contributed by atoms with E-state index in [0.717, 1.165) is 33.8 Å². The first-order chi connectivity index (χ1) is 13.8. The number of fused-ring (bicyclic) bond motifs is 1. The van der Waals surface area contributed by atoms with Crippen molar-refractivity contribution in [2.75, 3.05) is 0 Å². The van der Waals surface area contributed by atoms with Crippen molar-refractivity contribution in [1.29, 1.82) is 0 Å². The first kappa shape index (κ1) is 16.4. The zero-order chi connectivity index (χ0) is 18.9. The average Bonchev–Trinajstić information content (AvgIpc) is 3.48. The number of pyridine rings is 2. The van der Waals surface area contributed by atoms with Gasteiger partial charge in [-0.25, -0.2) is 9.67 Å². The summed E-state index contributed by atoms with van der Waals surface area (Å²) in [6, 6.07) is 9.73. The Hall–Kier alpha value is -3.78. The number of hydrogen-bond donors (Lipinski definition) is 1. The summed E-state index contributed by atoms with van der Waals surface area (Å²) in [5.74, 6) is 0. The second-order valence-electron chi connectivity index (χ2n) is 6.52. The van der Waals surface area contributed by atoms with E-state index in [-0.39, 0.29) is 6.61 Å². The fraction of sp³-hybridized carbons (Fsp3) is 0.100. The highest BCUT2D eigenvalue weighted by molar-refractivity contribution is 5.59. The van der Waals surface area contributed by atoms with Gasteiger partial charge in [0.1, 0.15) is 11.3 Å². The van der Waals surface area contributed by atoms with Crippen molar-refractivity contribution < 1.29 is 5.11 Å². The van der Waals surface area contributed by atoms with Gasteiger partial charge in [-0.2, -0.15) is 0 Å². The highest BCUT2D eigenvalue weighted by Crippen LogP contribution is 2.19. The molecule has 0 aromatic carbocycles. The Morgan fingerprint density at radius 2 is 1.89 bits per heavy atom. The fourth-order valence-corrected chi connectivity index (χ4v) is 3.15. The van der Waals surface area contributed by atoms with Crippen LogP contribution in [0.2, 0.25) is 0 Å². The summed E-state index contributed by atoms with van der Waals surface area (Å²) in [7, 11) is 0. The van der Waals surface area contributed by atoms with Crippen molar-refractivity contribution in [1.82, 2.24) is 33.9 Å². The molecule has 8 nitrogen and oxygen atoms in total. The van der Waals surface area contributed by atoms with Gasteiger partial charge in [-0.1, -0.05) is 11.3 Å². The van der Waals surface area contributed by atoms with Crippen LogP contribution in [0.5, 0.6) is 0 Å². The van der Waals surface area contributed by atoms with Crippen LogP contribution in [0.4, 0.5) is 0 Å². The molecule has 0 amide bonds. The summed E-state index contributed by atoms with van der Waals surface area (Å²) in [5, 5.41) is 17.8. The fourth-order valence-electron chi connectivity index (χ4n) is 3.15. The van der Waals surface area contributed by atoms with Crippen LogP contribution < -0.4 is 0 Å². The van der Waals surface area contributed by atoms with Crippen molar-refractivity contribution in [3.8, 4) is 16.9 Å². The van der Waals surface area contributed by atoms with E-state index >= 15 is 0 Å². The maximum atomic E-state index is 9.27. The Bertz CT molecular complexity index is 1240. The van der Waals surface area contributed by atoms with Gasteiger partial charge in [-0.05, 0) is 29.8 Å². The van der Waals surface area contributed by atoms with E-state index in [1.807, 2.05) is 76.5 Å². The molecule has 0 atom stereocenters. The van der Waals surface area contributed by atoms with Crippen molar-refractivity contribution in [3.63, 3.8) is 0 Å². The molecule has 0 aliphatic heterocycles. The summed E-state index contributed by atoms with van der Waals surface area (Å²) < 4.78 is 5.66. The number of nitrogens with zero attached hydrogens (tertiary/aromatic N) is 7. The average molecular weight is 371 g/mol. The van der Waals surface area contributed by atoms with E-state index < -0.39 is 0 Å². The van der Waals surface area contributed by atoms with E-state index in [2.05, 4.69) is 20.3 Å². The predicted octanol–water partition coefficient (Wildman–Crippen LogP) is 2.32. The molecule has 5 aromatic heterocycles. The SMILES string of the molecule is OCc1ccc2nc(Cn3cc(-c4cncc(-n5cccc5)c4)nn3)cn2c1. The van der Waals surface area contributed by atoms with Gasteiger partial charge in [-0.3, -0.25) is 4.98 Å². The Labute approximate surface area is 160 Å². The lowest BCUT2D eigenvalue weighted by Crippen LogP contribution is -2.00. The van der Waals surface area contributed by atoms with Crippen LogP contribution in [0.15, 0.2) is 73.7 Å². The minimum absolute atomic E-state index is 0.00595. The smallest absolute Gasteiger partial charge is 0.137 e. The third kappa shape index (κ3) is 3.06. The zero-order valence-corrected chi connectivity index (χ0v) is 14.9. The highest BCUT2D eigenvalue weighted by atomic mass is 16.3. The molecular weight excluding hydrogens is 354 g/mol. The number of aliphatic hydroxyl groups excluding tert-OH is 1. The second kappa shape index (κ2) is 6.75. The van der Waals surface area contributed by atoms with Crippen LogP contribution in [-0.2, 0) is 13.2 Å². The Kier molecular flexibility index (Phi) is 3.95. The molecule has 1 N–H and O–H groups in total. The summed E-state index contributed by atoms with van der Waals surface area (Å²) in [6.45, 7) is 0.514. The molecule has 5 rings (SSSR count). The van der Waals surface area contributed by atoms with Gasteiger partial charge < -0.3 is 14.1 Å². The van der Waals surface area contributed by atoms with Gasteiger partial charge in [0.2, 0.25) is 0 Å². The second-order valence-corrected chi connectivity index (χ2v) is 6.52. The maximum absolute atomic E-state index is 9.27. The predicted molar refractivity (Wildman–Crippen MR) is 103 cm³/mol. The summed E-state index contributed by atoms with van der Waals surface area (Å²) in [4.78, 5) is 8.91. The van der Waals surface area contributed by atoms with E-state index in [9.17, 15) is 5.11 Å². The minimum atomic E-state index is 0.00595. The molecule has 138 valence electrons. The van der Waals surface area contributed by atoms with Crippen molar-refractivity contribution in [3.05, 3.63) is 85.0 Å². The lowest BCUT2D eigenvalue weighted by atomic mass is 10.2. The van der Waals surface area contributed by atoms with E-state index in [0.29, 0.717) is 6.54 Å². The van der Waals surface area contributed by atoms with Gasteiger partial charge in [-0.15, -0.1) is 5.10 Å². The van der Waals surface area contributed by atoms with Crippen LogP contribution >= 0.6 is 0 Å². The van der Waals surface area contributed by atoms with E-state index in [4.69, 9.17) is 0 Å². The van der Waals surface area contributed by atoms with E-state index in [1.165, 1.54) is 0 Å². The monoisotopic (exact) mass is 371 g/mol. The third-order valence-electron chi connectivity index (χ3n) is 4.53. The van der Waals surface area contributed by atoms with Crippen LogP contribution in [0.25, 0.3) is 22.6 Å². The molecule has 28 heavy (non-hydrogen) atoms. The van der Waals surface area contributed by atoms with Gasteiger partial charge in [0.05, 0.1) is 36.9 Å². The number of hydrogen-bond acceptors (Lipinski definition) is 5. The zero-order valence-electron chi connectivity index (χ0n) is 14.9. The van der Waals surface area contributed by atoms with Crippen LogP contribution in [0.1, 0.15) is 11.3 Å². The minimum Gasteiger partial charge on any atom is -0.392 e. The summed E-state index contributed by atoms with van der Waals surface area (Å²) >= 11 is 0. The molecule has 0 aliphatic rings. The number of rotatable bonds is 5. The van der Waals surface area contributed by atoms with Gasteiger partial charge >= 0.3 is 0 Å². The molecule has 0 saturated heterocycles. The normalized spacial score (nSPS) is 11.3. The van der Waals surface area contributed by atoms with Crippen molar-refractivity contribution >= 4 is 5.65 Å². The van der Waals surface area contributed by atoms with Crippen LogP contribution in [0.3, 0.4) is 0 Å².